The van der Waals surface area contributed by atoms with Gasteiger partial charge in [-0.05, 0) is 39.8 Å². The van der Waals surface area contributed by atoms with Gasteiger partial charge in [0.05, 0.1) is 11.4 Å². The van der Waals surface area contributed by atoms with Gasteiger partial charge in [0, 0.05) is 7.05 Å². The molecule has 1 aromatic heterocycles. The molecular formula is C20H29N4O3+. The number of anilines is 1. The summed E-state index contributed by atoms with van der Waals surface area (Å²) in [7, 11) is 1.82. The summed E-state index contributed by atoms with van der Waals surface area (Å²) in [5.74, 6) is -0.141. The second-order valence-corrected chi connectivity index (χ2v) is 7.47. The number of morpholine rings is 1. The van der Waals surface area contributed by atoms with E-state index in [2.05, 4.69) is 5.32 Å². The van der Waals surface area contributed by atoms with Crippen LogP contribution in [0.5, 0.6) is 0 Å². The predicted octanol–water partition coefficient (Wildman–Crippen LogP) is 0.504. The second kappa shape index (κ2) is 7.70. The smallest absolute Gasteiger partial charge is 0.295 e. The van der Waals surface area contributed by atoms with Crippen LogP contribution in [-0.4, -0.2) is 46.6 Å². The molecule has 0 saturated carbocycles. The van der Waals surface area contributed by atoms with Crippen molar-refractivity contribution in [3.8, 4) is 5.69 Å². The van der Waals surface area contributed by atoms with E-state index in [1.54, 1.807) is 9.36 Å². The molecule has 146 valence electrons. The van der Waals surface area contributed by atoms with Crippen molar-refractivity contribution >= 4 is 11.6 Å². The number of aromatic nitrogens is 2. The molecule has 1 saturated heterocycles. The number of nitrogens with zero attached hydrogens (tertiary/aromatic N) is 2. The minimum absolute atomic E-state index is 0.118. The van der Waals surface area contributed by atoms with Crippen molar-refractivity contribution in [3.05, 3.63) is 46.4 Å². The molecule has 27 heavy (non-hydrogen) atoms. The van der Waals surface area contributed by atoms with Crippen LogP contribution in [0.1, 0.15) is 26.5 Å². The number of ether oxygens (including phenoxy) is 1. The van der Waals surface area contributed by atoms with E-state index in [1.807, 2.05) is 65.1 Å². The third-order valence-electron chi connectivity index (χ3n) is 5.37. The predicted molar refractivity (Wildman–Crippen MR) is 105 cm³/mol. The van der Waals surface area contributed by atoms with Gasteiger partial charge in [-0.2, -0.15) is 0 Å². The normalized spacial score (nSPS) is 23.8. The van der Waals surface area contributed by atoms with Crippen LogP contribution in [0.4, 0.5) is 5.69 Å². The van der Waals surface area contributed by atoms with Crippen molar-refractivity contribution in [2.45, 2.75) is 45.9 Å². The SMILES string of the molecule is Cc1c(NC(=O)[C@@H](C)[NH+]2C[C@@H](C)O[C@H](C)C2)c(=O)n(-c2ccccc2)n1C. The van der Waals surface area contributed by atoms with E-state index in [1.165, 1.54) is 4.90 Å². The lowest BCUT2D eigenvalue weighted by Gasteiger charge is -2.35. The Hall–Kier alpha value is -2.38. The van der Waals surface area contributed by atoms with Crippen LogP contribution in [0.2, 0.25) is 0 Å². The van der Waals surface area contributed by atoms with Crippen LogP contribution < -0.4 is 15.8 Å². The first-order valence-corrected chi connectivity index (χ1v) is 9.44. The number of carbonyl (C=O) groups is 1. The highest BCUT2D eigenvalue weighted by atomic mass is 16.5. The van der Waals surface area contributed by atoms with Crippen molar-refractivity contribution in [1.82, 2.24) is 9.36 Å². The molecule has 0 spiro atoms. The van der Waals surface area contributed by atoms with Crippen LogP contribution in [0.25, 0.3) is 5.69 Å². The van der Waals surface area contributed by atoms with Crippen molar-refractivity contribution in [1.29, 1.82) is 0 Å². The zero-order valence-electron chi connectivity index (χ0n) is 16.7. The zero-order chi connectivity index (χ0) is 19.7. The molecule has 1 fully saturated rings. The Labute approximate surface area is 159 Å². The summed E-state index contributed by atoms with van der Waals surface area (Å²) in [5, 5.41) is 2.88. The Morgan fingerprint density at radius 3 is 2.41 bits per heavy atom. The lowest BCUT2D eigenvalue weighted by molar-refractivity contribution is -0.928. The van der Waals surface area contributed by atoms with Crippen LogP contribution >= 0.6 is 0 Å². The fraction of sp³-hybridized carbons (Fsp3) is 0.500. The van der Waals surface area contributed by atoms with Crippen LogP contribution in [-0.2, 0) is 16.6 Å². The van der Waals surface area contributed by atoms with Gasteiger partial charge in [0.15, 0.2) is 6.04 Å². The Kier molecular flexibility index (Phi) is 5.53. The van der Waals surface area contributed by atoms with Crippen molar-refractivity contribution in [3.63, 3.8) is 0 Å². The lowest BCUT2D eigenvalue weighted by atomic mass is 10.1. The Bertz CT molecular complexity index is 861. The molecule has 0 aliphatic carbocycles. The first-order valence-electron chi connectivity index (χ1n) is 9.44. The van der Waals surface area contributed by atoms with Crippen molar-refractivity contribution in [2.24, 2.45) is 7.05 Å². The summed E-state index contributed by atoms with van der Waals surface area (Å²) in [6.45, 7) is 9.36. The molecule has 7 nitrogen and oxygen atoms in total. The Balaban J connectivity index is 1.83. The molecule has 2 heterocycles. The van der Waals surface area contributed by atoms with Gasteiger partial charge in [-0.3, -0.25) is 14.3 Å². The minimum atomic E-state index is -0.261. The Morgan fingerprint density at radius 1 is 1.22 bits per heavy atom. The number of para-hydroxylation sites is 1. The van der Waals surface area contributed by atoms with Crippen molar-refractivity contribution in [2.75, 3.05) is 18.4 Å². The average molecular weight is 373 g/mol. The van der Waals surface area contributed by atoms with Gasteiger partial charge in [-0.1, -0.05) is 18.2 Å². The highest BCUT2D eigenvalue weighted by molar-refractivity contribution is 5.94. The molecule has 1 amide bonds. The van der Waals surface area contributed by atoms with E-state index in [0.29, 0.717) is 5.69 Å². The molecule has 2 aromatic rings. The largest absolute Gasteiger partial charge is 0.364 e. The lowest BCUT2D eigenvalue weighted by Crippen LogP contribution is -3.19. The molecule has 7 heteroatoms. The molecule has 1 aliphatic rings. The van der Waals surface area contributed by atoms with Gasteiger partial charge in [-0.25, -0.2) is 4.68 Å². The number of hydrogen-bond donors (Lipinski definition) is 2. The van der Waals surface area contributed by atoms with Gasteiger partial charge < -0.3 is 15.0 Å². The maximum atomic E-state index is 13.0. The first kappa shape index (κ1) is 19.4. The molecule has 0 bridgehead atoms. The third-order valence-corrected chi connectivity index (χ3v) is 5.37. The topological polar surface area (TPSA) is 69.7 Å². The van der Waals surface area contributed by atoms with E-state index in [9.17, 15) is 9.59 Å². The standard InChI is InChI=1S/C20H28N4O3/c1-13-11-23(12-14(2)27-13)16(4)19(25)21-18-15(3)22(5)24(20(18)26)17-9-7-6-8-10-17/h6-10,13-14,16H,11-12H2,1-5H3,(H,21,25)/p+1/t13-,14-,16-/m1/s1. The number of nitrogens with one attached hydrogen (secondary N) is 2. The van der Waals surface area contributed by atoms with Gasteiger partial charge in [0.1, 0.15) is 31.0 Å². The fourth-order valence-corrected chi connectivity index (χ4v) is 3.80. The van der Waals surface area contributed by atoms with E-state index >= 15 is 0 Å². The number of hydrogen-bond acceptors (Lipinski definition) is 3. The molecule has 3 rings (SSSR count). The average Bonchev–Trinajstić information content (AvgIpc) is 2.84. The van der Waals surface area contributed by atoms with E-state index in [-0.39, 0.29) is 29.7 Å². The highest BCUT2D eigenvalue weighted by Gasteiger charge is 2.33. The van der Waals surface area contributed by atoms with Crippen LogP contribution in [0.15, 0.2) is 35.1 Å². The number of benzene rings is 1. The summed E-state index contributed by atoms with van der Waals surface area (Å²) < 4.78 is 9.10. The number of quaternary nitrogens is 1. The van der Waals surface area contributed by atoms with Gasteiger partial charge in [0.2, 0.25) is 0 Å². The molecule has 3 atom stereocenters. The molecule has 1 aliphatic heterocycles. The highest BCUT2D eigenvalue weighted by Crippen LogP contribution is 2.14. The third kappa shape index (κ3) is 3.84. The van der Waals surface area contributed by atoms with E-state index in [4.69, 9.17) is 4.74 Å². The molecule has 0 unspecified atom stereocenters. The second-order valence-electron chi connectivity index (χ2n) is 7.47. The van der Waals surface area contributed by atoms with E-state index in [0.717, 1.165) is 24.5 Å². The molecule has 0 radical (unpaired) electrons. The number of amides is 1. The summed E-state index contributed by atoms with van der Waals surface area (Å²) in [6.07, 6.45) is 0.237. The number of rotatable bonds is 4. The number of carbonyl (C=O) groups excluding carboxylic acids is 1. The quantitative estimate of drug-likeness (QED) is 0.820. The minimum Gasteiger partial charge on any atom is -0.364 e. The van der Waals surface area contributed by atoms with Crippen molar-refractivity contribution < 1.29 is 14.4 Å². The molecular weight excluding hydrogens is 344 g/mol. The van der Waals surface area contributed by atoms with Crippen LogP contribution in [0.3, 0.4) is 0 Å². The first-order chi connectivity index (χ1) is 12.8. The fourth-order valence-electron chi connectivity index (χ4n) is 3.80. The van der Waals surface area contributed by atoms with Crippen LogP contribution in [0, 0.1) is 6.92 Å². The Morgan fingerprint density at radius 2 is 1.81 bits per heavy atom. The molecule has 2 N–H and O–H groups in total. The van der Waals surface area contributed by atoms with Gasteiger partial charge in [-0.15, -0.1) is 0 Å². The summed E-state index contributed by atoms with van der Waals surface area (Å²) in [6, 6.07) is 9.15. The maximum absolute atomic E-state index is 13.0. The molecule has 1 aromatic carbocycles. The summed E-state index contributed by atoms with van der Waals surface area (Å²) >= 11 is 0. The zero-order valence-corrected chi connectivity index (χ0v) is 16.7. The maximum Gasteiger partial charge on any atom is 0.295 e. The van der Waals surface area contributed by atoms with Gasteiger partial charge >= 0.3 is 0 Å². The van der Waals surface area contributed by atoms with Gasteiger partial charge in [0.25, 0.3) is 11.5 Å². The summed E-state index contributed by atoms with van der Waals surface area (Å²) in [5.41, 5.74) is 1.61. The summed E-state index contributed by atoms with van der Waals surface area (Å²) in [4.78, 5) is 27.0. The monoisotopic (exact) mass is 373 g/mol. The van der Waals surface area contributed by atoms with E-state index < -0.39 is 0 Å².